The standard InChI is InChI=1S/C9H8O/c1-2-8-3-5-9(6-4-8)10-7-1/h2-7H,1H2. The van der Waals surface area contributed by atoms with Crippen molar-refractivity contribution in [1.82, 2.24) is 0 Å². The third-order valence-electron chi connectivity index (χ3n) is 1.55. The Morgan fingerprint density at radius 2 is 1.90 bits per heavy atom. The second-order valence-electron chi connectivity index (χ2n) is 2.29. The van der Waals surface area contributed by atoms with Gasteiger partial charge in [-0.25, -0.2) is 0 Å². The smallest absolute Gasteiger partial charge is 0.136 e. The van der Waals surface area contributed by atoms with Gasteiger partial charge in [-0.1, -0.05) is 12.1 Å². The number of hydrogen-bond acceptors (Lipinski definition) is 1. The zero-order chi connectivity index (χ0) is 6.81. The summed E-state index contributed by atoms with van der Waals surface area (Å²) in [7, 11) is 0. The van der Waals surface area contributed by atoms with Gasteiger partial charge in [0.2, 0.25) is 0 Å². The maximum atomic E-state index is 5.24. The van der Waals surface area contributed by atoms with Crippen LogP contribution >= 0.6 is 0 Å². The van der Waals surface area contributed by atoms with Crippen LogP contribution < -0.4 is 4.74 Å². The summed E-state index contributed by atoms with van der Waals surface area (Å²) in [6.45, 7) is 1.81. The van der Waals surface area contributed by atoms with Gasteiger partial charge < -0.3 is 4.74 Å². The Hall–Kier alpha value is -0.980. The summed E-state index contributed by atoms with van der Waals surface area (Å²) >= 11 is 0. The van der Waals surface area contributed by atoms with Gasteiger partial charge in [0.25, 0.3) is 0 Å². The molecule has 0 aliphatic carbocycles. The summed E-state index contributed by atoms with van der Waals surface area (Å²) in [5.74, 6) is 0.928. The van der Waals surface area contributed by atoms with Crippen molar-refractivity contribution in [3.8, 4) is 5.75 Å². The fourth-order valence-corrected chi connectivity index (χ4v) is 1.01. The van der Waals surface area contributed by atoms with Gasteiger partial charge in [0, 0.05) is 0 Å². The molecule has 2 aliphatic heterocycles. The molecule has 1 heteroatoms. The van der Waals surface area contributed by atoms with Gasteiger partial charge in [-0.2, -0.15) is 0 Å². The Labute approximate surface area is 60.6 Å². The zero-order valence-corrected chi connectivity index (χ0v) is 5.58. The molecule has 2 radical (unpaired) electrons. The Morgan fingerprint density at radius 3 is 2.70 bits per heavy atom. The molecule has 0 N–H and O–H groups in total. The van der Waals surface area contributed by atoms with E-state index < -0.39 is 0 Å². The largest absolute Gasteiger partial charge is 0.487 e. The fourth-order valence-electron chi connectivity index (χ4n) is 1.01. The van der Waals surface area contributed by atoms with Gasteiger partial charge in [0.15, 0.2) is 0 Å². The molecule has 3 rings (SSSR count). The van der Waals surface area contributed by atoms with E-state index in [9.17, 15) is 0 Å². The normalized spacial score (nSPS) is 15.6. The SMILES string of the molecule is [CH]1C[CH]c2ccc(cc2)O1. The van der Waals surface area contributed by atoms with Crippen LogP contribution in [0.15, 0.2) is 24.3 Å². The summed E-state index contributed by atoms with van der Waals surface area (Å²) in [6, 6.07) is 8.06. The topological polar surface area (TPSA) is 9.23 Å². The van der Waals surface area contributed by atoms with Crippen LogP contribution in [0.1, 0.15) is 12.0 Å². The van der Waals surface area contributed by atoms with Crippen molar-refractivity contribution in [2.45, 2.75) is 6.42 Å². The lowest BCUT2D eigenvalue weighted by molar-refractivity contribution is 0.398. The molecule has 0 aromatic heterocycles. The molecule has 0 fully saturated rings. The van der Waals surface area contributed by atoms with E-state index in [1.807, 2.05) is 18.7 Å². The zero-order valence-electron chi connectivity index (χ0n) is 5.58. The maximum Gasteiger partial charge on any atom is 0.136 e. The van der Waals surface area contributed by atoms with Gasteiger partial charge in [-0.3, -0.25) is 0 Å². The number of benzene rings is 1. The van der Waals surface area contributed by atoms with E-state index in [0.717, 1.165) is 12.2 Å². The second-order valence-corrected chi connectivity index (χ2v) is 2.29. The molecule has 2 aliphatic rings. The van der Waals surface area contributed by atoms with Crippen LogP contribution in [-0.2, 0) is 0 Å². The van der Waals surface area contributed by atoms with Crippen LogP contribution in [0.25, 0.3) is 0 Å². The van der Waals surface area contributed by atoms with Crippen molar-refractivity contribution < 1.29 is 4.74 Å². The van der Waals surface area contributed by atoms with E-state index in [0.29, 0.717) is 0 Å². The molecule has 1 nitrogen and oxygen atoms in total. The first kappa shape index (κ1) is 5.78. The molecule has 50 valence electrons. The summed E-state index contributed by atoms with van der Waals surface area (Å²) < 4.78 is 5.24. The molecule has 1 aromatic rings. The lowest BCUT2D eigenvalue weighted by Gasteiger charge is -2.09. The van der Waals surface area contributed by atoms with Gasteiger partial charge in [0.1, 0.15) is 12.4 Å². The van der Waals surface area contributed by atoms with E-state index in [2.05, 4.69) is 18.6 Å². The monoisotopic (exact) mass is 132 g/mol. The maximum absolute atomic E-state index is 5.24. The number of rotatable bonds is 0. The Bertz CT molecular complexity index is 188. The van der Waals surface area contributed by atoms with E-state index in [4.69, 9.17) is 4.74 Å². The molecular formula is C9H8O. The first-order chi connectivity index (χ1) is 4.95. The first-order valence-electron chi connectivity index (χ1n) is 3.37. The lowest BCUT2D eigenvalue weighted by atomic mass is 10.1. The molecule has 1 aromatic carbocycles. The van der Waals surface area contributed by atoms with Crippen molar-refractivity contribution in [1.29, 1.82) is 0 Å². The molecule has 0 saturated heterocycles. The Balaban J connectivity index is 2.40. The molecule has 0 atom stereocenters. The number of hydrogen-bond donors (Lipinski definition) is 0. The minimum absolute atomic E-state index is 0.896. The summed E-state index contributed by atoms with van der Waals surface area (Å²) in [6.07, 6.45) is 3.02. The van der Waals surface area contributed by atoms with E-state index in [1.165, 1.54) is 5.56 Å². The van der Waals surface area contributed by atoms with Crippen LogP contribution in [0, 0.1) is 13.0 Å². The van der Waals surface area contributed by atoms with Crippen LogP contribution in [0.4, 0.5) is 0 Å². The highest BCUT2D eigenvalue weighted by Crippen LogP contribution is 2.19. The number of ether oxygens (including phenoxy) is 1. The average molecular weight is 132 g/mol. The fraction of sp³-hybridized carbons (Fsp3) is 0.111. The highest BCUT2D eigenvalue weighted by molar-refractivity contribution is 5.33. The van der Waals surface area contributed by atoms with Crippen molar-refractivity contribution in [3.05, 3.63) is 42.9 Å². The van der Waals surface area contributed by atoms with Crippen LogP contribution in [-0.4, -0.2) is 0 Å². The molecule has 2 heterocycles. The van der Waals surface area contributed by atoms with Gasteiger partial charge in [-0.15, -0.1) is 0 Å². The van der Waals surface area contributed by atoms with E-state index >= 15 is 0 Å². The first-order valence-corrected chi connectivity index (χ1v) is 3.37. The predicted octanol–water partition coefficient (Wildman–Crippen LogP) is 2.18. The van der Waals surface area contributed by atoms with Crippen molar-refractivity contribution in [3.63, 3.8) is 0 Å². The minimum Gasteiger partial charge on any atom is -0.487 e. The Morgan fingerprint density at radius 1 is 1.10 bits per heavy atom. The molecule has 10 heavy (non-hydrogen) atoms. The van der Waals surface area contributed by atoms with Gasteiger partial charge in [-0.05, 0) is 30.5 Å². The van der Waals surface area contributed by atoms with E-state index in [1.54, 1.807) is 0 Å². The van der Waals surface area contributed by atoms with Gasteiger partial charge in [0.05, 0.1) is 0 Å². The second kappa shape index (κ2) is 2.33. The van der Waals surface area contributed by atoms with Crippen LogP contribution in [0.5, 0.6) is 5.75 Å². The quantitative estimate of drug-likeness (QED) is 0.525. The summed E-state index contributed by atoms with van der Waals surface area (Å²) in [4.78, 5) is 0. The summed E-state index contributed by atoms with van der Waals surface area (Å²) in [5.41, 5.74) is 1.27. The molecule has 0 unspecified atom stereocenters. The van der Waals surface area contributed by atoms with Gasteiger partial charge >= 0.3 is 0 Å². The third kappa shape index (κ3) is 0.991. The average Bonchev–Trinajstić information content (AvgIpc) is 1.89. The van der Waals surface area contributed by atoms with Crippen molar-refractivity contribution in [2.24, 2.45) is 0 Å². The minimum atomic E-state index is 0.896. The summed E-state index contributed by atoms with van der Waals surface area (Å²) in [5, 5.41) is 0. The Kier molecular flexibility index (Phi) is 1.35. The van der Waals surface area contributed by atoms with Crippen molar-refractivity contribution in [2.75, 3.05) is 0 Å². The predicted molar refractivity (Wildman–Crippen MR) is 39.4 cm³/mol. The number of fused-ring (bicyclic) bond motifs is 5. The van der Waals surface area contributed by atoms with Crippen LogP contribution in [0.3, 0.4) is 0 Å². The molecule has 0 amide bonds. The lowest BCUT2D eigenvalue weighted by Crippen LogP contribution is -1.95. The third-order valence-corrected chi connectivity index (χ3v) is 1.55. The van der Waals surface area contributed by atoms with Crippen molar-refractivity contribution >= 4 is 0 Å². The molecule has 0 spiro atoms. The van der Waals surface area contributed by atoms with E-state index in [-0.39, 0.29) is 0 Å². The highest BCUT2D eigenvalue weighted by atomic mass is 16.5. The molecule has 2 bridgehead atoms. The molecular weight excluding hydrogens is 124 g/mol. The molecule has 0 saturated carbocycles. The highest BCUT2D eigenvalue weighted by Gasteiger charge is 2.01. The van der Waals surface area contributed by atoms with Crippen LogP contribution in [0.2, 0.25) is 0 Å².